The Kier molecular flexibility index (Phi) is 10.8. The molecule has 0 aliphatic rings. The van der Waals surface area contributed by atoms with Crippen molar-refractivity contribution in [2.45, 2.75) is 25.0 Å². The Morgan fingerprint density at radius 2 is 1.28 bits per heavy atom. The molecular weight excluding hydrogens is 594 g/mol. The van der Waals surface area contributed by atoms with E-state index in [1.165, 1.54) is 24.3 Å². The molecule has 6 aromatic rings. The van der Waals surface area contributed by atoms with Gasteiger partial charge in [0.2, 0.25) is 0 Å². The number of hydrogen-bond donors (Lipinski definition) is 1. The van der Waals surface area contributed by atoms with Gasteiger partial charge in [0.05, 0.1) is 53.8 Å². The van der Waals surface area contributed by atoms with E-state index >= 15 is 0 Å². The van der Waals surface area contributed by atoms with Crippen molar-refractivity contribution in [3.05, 3.63) is 186 Å². The standard InChI is InChI=1S/C19H16FN3O.C19H14FN3/c20-17-7-3-14(4-8-17)11-18(24)19(23-10-9-22-13-23)16-5-1-15(12-21)2-6-16;20-18-8-3-15(4-9-18)5-10-19(23-12-11-22-14-23)17-6-1-16(13-21)2-7-17/h1-10,13,18-19,24H,11H2;1-4,6-12,14H,5H2/b;19-10-. The van der Waals surface area contributed by atoms with Gasteiger partial charge in [0, 0.05) is 31.2 Å². The van der Waals surface area contributed by atoms with Gasteiger partial charge in [-0.2, -0.15) is 10.5 Å². The Labute approximate surface area is 271 Å². The molecule has 2 atom stereocenters. The van der Waals surface area contributed by atoms with E-state index in [1.807, 2.05) is 39.6 Å². The molecule has 2 aromatic heterocycles. The number of imidazole rings is 2. The van der Waals surface area contributed by atoms with Crippen LogP contribution in [-0.2, 0) is 12.8 Å². The third-order valence-corrected chi connectivity index (χ3v) is 7.49. The minimum Gasteiger partial charge on any atom is -0.390 e. The van der Waals surface area contributed by atoms with Gasteiger partial charge in [-0.25, -0.2) is 18.7 Å². The van der Waals surface area contributed by atoms with Crippen LogP contribution in [0.5, 0.6) is 0 Å². The Morgan fingerprint density at radius 3 is 1.81 bits per heavy atom. The van der Waals surface area contributed by atoms with E-state index in [0.717, 1.165) is 28.0 Å². The van der Waals surface area contributed by atoms with Crippen LogP contribution in [0.2, 0.25) is 0 Å². The van der Waals surface area contributed by atoms with Crippen molar-refractivity contribution in [3.8, 4) is 12.1 Å². The molecule has 9 heteroatoms. The molecule has 0 bridgehead atoms. The van der Waals surface area contributed by atoms with E-state index in [1.54, 1.807) is 79.8 Å². The summed E-state index contributed by atoms with van der Waals surface area (Å²) in [6, 6.07) is 31.0. The van der Waals surface area contributed by atoms with Gasteiger partial charge in [-0.3, -0.25) is 0 Å². The van der Waals surface area contributed by atoms with Crippen molar-refractivity contribution >= 4 is 5.70 Å². The predicted octanol–water partition coefficient (Wildman–Crippen LogP) is 7.11. The Balaban J connectivity index is 0.000000185. The number of hydrogen-bond acceptors (Lipinski definition) is 5. The van der Waals surface area contributed by atoms with Crippen LogP contribution in [0.1, 0.15) is 39.4 Å². The van der Waals surface area contributed by atoms with Gasteiger partial charge in [-0.1, -0.05) is 54.6 Å². The normalized spacial score (nSPS) is 12.2. The van der Waals surface area contributed by atoms with Crippen LogP contribution in [0.25, 0.3) is 5.70 Å². The molecule has 2 heterocycles. The van der Waals surface area contributed by atoms with E-state index in [9.17, 15) is 13.9 Å². The number of nitrogens with zero attached hydrogens (tertiary/aromatic N) is 6. The minimum atomic E-state index is -0.724. The summed E-state index contributed by atoms with van der Waals surface area (Å²) in [5, 5.41) is 28.6. The van der Waals surface area contributed by atoms with Crippen LogP contribution < -0.4 is 0 Å². The summed E-state index contributed by atoms with van der Waals surface area (Å²) in [5.74, 6) is -0.536. The molecular formula is C38H30F2N6O. The summed E-state index contributed by atoms with van der Waals surface area (Å²) in [6.07, 6.45) is 12.8. The molecule has 0 aliphatic carbocycles. The highest BCUT2D eigenvalue weighted by Gasteiger charge is 2.23. The van der Waals surface area contributed by atoms with E-state index in [-0.39, 0.29) is 17.7 Å². The minimum absolute atomic E-state index is 0.236. The van der Waals surface area contributed by atoms with E-state index < -0.39 is 6.10 Å². The number of aliphatic hydroxyl groups excluding tert-OH is 1. The molecule has 2 unspecified atom stereocenters. The zero-order valence-electron chi connectivity index (χ0n) is 25.2. The topological polar surface area (TPSA) is 103 Å². The first kappa shape index (κ1) is 32.2. The van der Waals surface area contributed by atoms with Crippen LogP contribution in [0.3, 0.4) is 0 Å². The van der Waals surface area contributed by atoms with E-state index in [0.29, 0.717) is 24.0 Å². The maximum Gasteiger partial charge on any atom is 0.123 e. The molecule has 0 aliphatic heterocycles. The van der Waals surface area contributed by atoms with Crippen molar-refractivity contribution in [3.63, 3.8) is 0 Å². The molecule has 7 nitrogen and oxygen atoms in total. The van der Waals surface area contributed by atoms with Gasteiger partial charge in [0.15, 0.2) is 0 Å². The fourth-order valence-electron chi connectivity index (χ4n) is 5.08. The third-order valence-electron chi connectivity index (χ3n) is 7.49. The maximum atomic E-state index is 13.0. The monoisotopic (exact) mass is 624 g/mol. The molecule has 0 radical (unpaired) electrons. The lowest BCUT2D eigenvalue weighted by atomic mass is 9.95. The molecule has 47 heavy (non-hydrogen) atoms. The average molecular weight is 625 g/mol. The van der Waals surface area contributed by atoms with Gasteiger partial charge in [-0.05, 0) is 77.2 Å². The zero-order valence-corrected chi connectivity index (χ0v) is 25.2. The number of aromatic nitrogens is 4. The Hall–Kier alpha value is -6.16. The summed E-state index contributed by atoms with van der Waals surface area (Å²) in [6.45, 7) is 0. The predicted molar refractivity (Wildman–Crippen MR) is 174 cm³/mol. The summed E-state index contributed by atoms with van der Waals surface area (Å²) in [5.41, 5.74) is 5.90. The van der Waals surface area contributed by atoms with Crippen molar-refractivity contribution < 1.29 is 13.9 Å². The first-order valence-corrected chi connectivity index (χ1v) is 14.8. The Morgan fingerprint density at radius 1 is 0.723 bits per heavy atom. The molecule has 232 valence electrons. The molecule has 0 saturated heterocycles. The number of halogens is 2. The number of rotatable bonds is 9. The quantitative estimate of drug-likeness (QED) is 0.185. The number of nitriles is 2. The first-order valence-electron chi connectivity index (χ1n) is 14.8. The van der Waals surface area contributed by atoms with Crippen LogP contribution in [0.4, 0.5) is 8.78 Å². The van der Waals surface area contributed by atoms with Crippen LogP contribution in [-0.4, -0.2) is 30.3 Å². The second kappa shape index (κ2) is 15.7. The van der Waals surface area contributed by atoms with E-state index in [4.69, 9.17) is 10.5 Å². The molecule has 0 saturated carbocycles. The van der Waals surface area contributed by atoms with Gasteiger partial charge < -0.3 is 14.2 Å². The summed E-state index contributed by atoms with van der Waals surface area (Å²) < 4.78 is 29.8. The van der Waals surface area contributed by atoms with Gasteiger partial charge in [-0.15, -0.1) is 0 Å². The van der Waals surface area contributed by atoms with Crippen molar-refractivity contribution in [2.75, 3.05) is 0 Å². The summed E-state index contributed by atoms with van der Waals surface area (Å²) in [4.78, 5) is 8.14. The molecule has 0 amide bonds. The van der Waals surface area contributed by atoms with Crippen molar-refractivity contribution in [1.29, 1.82) is 10.5 Å². The van der Waals surface area contributed by atoms with Crippen LogP contribution in [0.15, 0.2) is 141 Å². The highest BCUT2D eigenvalue weighted by molar-refractivity contribution is 5.66. The molecule has 6 rings (SSSR count). The first-order chi connectivity index (χ1) is 22.9. The number of benzene rings is 4. The lowest BCUT2D eigenvalue weighted by Crippen LogP contribution is -2.26. The molecule has 1 N–H and O–H groups in total. The highest BCUT2D eigenvalue weighted by Crippen LogP contribution is 2.25. The lowest BCUT2D eigenvalue weighted by molar-refractivity contribution is 0.130. The molecule has 0 fully saturated rings. The smallest absolute Gasteiger partial charge is 0.123 e. The average Bonchev–Trinajstić information content (AvgIpc) is 3.84. The lowest BCUT2D eigenvalue weighted by Gasteiger charge is -2.25. The largest absolute Gasteiger partial charge is 0.390 e. The molecule has 0 spiro atoms. The number of allylic oxidation sites excluding steroid dienone is 1. The summed E-state index contributed by atoms with van der Waals surface area (Å²) in [7, 11) is 0. The second-order valence-corrected chi connectivity index (χ2v) is 10.7. The third kappa shape index (κ3) is 8.73. The van der Waals surface area contributed by atoms with Crippen molar-refractivity contribution in [2.24, 2.45) is 0 Å². The Bertz CT molecular complexity index is 1960. The SMILES string of the molecule is N#Cc1ccc(/C(=C/Cc2ccc(F)cc2)n2ccnc2)cc1.N#Cc1ccc(C(C(O)Cc2ccc(F)cc2)n2ccnc2)cc1. The van der Waals surface area contributed by atoms with Crippen LogP contribution in [0, 0.1) is 34.3 Å². The highest BCUT2D eigenvalue weighted by atomic mass is 19.1. The van der Waals surface area contributed by atoms with Gasteiger partial charge in [0.1, 0.15) is 11.6 Å². The summed E-state index contributed by atoms with van der Waals surface area (Å²) >= 11 is 0. The second-order valence-electron chi connectivity index (χ2n) is 10.7. The zero-order chi connectivity index (χ0) is 33.0. The number of aliphatic hydroxyl groups is 1. The molecule has 4 aromatic carbocycles. The van der Waals surface area contributed by atoms with Gasteiger partial charge in [0.25, 0.3) is 0 Å². The maximum absolute atomic E-state index is 13.0. The van der Waals surface area contributed by atoms with Gasteiger partial charge >= 0.3 is 0 Å². The van der Waals surface area contributed by atoms with Crippen molar-refractivity contribution in [1.82, 2.24) is 19.1 Å². The van der Waals surface area contributed by atoms with E-state index in [2.05, 4.69) is 28.2 Å². The fourth-order valence-corrected chi connectivity index (χ4v) is 5.08. The fraction of sp³-hybridized carbons (Fsp3) is 0.105. The van der Waals surface area contributed by atoms with Crippen LogP contribution >= 0.6 is 0 Å².